The Morgan fingerprint density at radius 2 is 2.06 bits per heavy atom. The standard InChI is InChI=1S/C10H12N4O2/c11-4-7-2-1-3-12-10(7)14-5-8(15)13-9(16)6-14/h1-3H,4-6,11H2,(H,13,15,16). The minimum absolute atomic E-state index is 0.135. The number of carbonyl (C=O) groups is 2. The van der Waals surface area contributed by atoms with Crippen molar-refractivity contribution in [1.29, 1.82) is 0 Å². The van der Waals surface area contributed by atoms with Crippen LogP contribution in [0.3, 0.4) is 0 Å². The first-order valence-corrected chi connectivity index (χ1v) is 4.92. The molecule has 16 heavy (non-hydrogen) atoms. The van der Waals surface area contributed by atoms with Gasteiger partial charge in [-0.1, -0.05) is 6.07 Å². The zero-order chi connectivity index (χ0) is 11.5. The number of carbonyl (C=O) groups excluding carboxylic acids is 2. The Labute approximate surface area is 92.4 Å². The van der Waals surface area contributed by atoms with Gasteiger partial charge in [-0.15, -0.1) is 0 Å². The Hall–Kier alpha value is -1.95. The van der Waals surface area contributed by atoms with Gasteiger partial charge in [-0.3, -0.25) is 14.9 Å². The van der Waals surface area contributed by atoms with Crippen LogP contribution in [0.4, 0.5) is 5.82 Å². The maximum atomic E-state index is 11.2. The second-order valence-corrected chi connectivity index (χ2v) is 3.52. The van der Waals surface area contributed by atoms with Gasteiger partial charge in [0.05, 0.1) is 13.1 Å². The van der Waals surface area contributed by atoms with E-state index in [2.05, 4.69) is 10.3 Å². The Morgan fingerprint density at radius 3 is 2.69 bits per heavy atom. The van der Waals surface area contributed by atoms with E-state index in [1.54, 1.807) is 17.2 Å². The molecule has 1 saturated heterocycles. The molecule has 0 spiro atoms. The van der Waals surface area contributed by atoms with Crippen molar-refractivity contribution < 1.29 is 9.59 Å². The number of anilines is 1. The summed E-state index contributed by atoms with van der Waals surface area (Å²) >= 11 is 0. The van der Waals surface area contributed by atoms with Crippen LogP contribution < -0.4 is 16.0 Å². The van der Waals surface area contributed by atoms with Crippen LogP contribution in [-0.2, 0) is 16.1 Å². The van der Waals surface area contributed by atoms with Crippen LogP contribution in [0.25, 0.3) is 0 Å². The predicted molar refractivity (Wildman–Crippen MR) is 57.5 cm³/mol. The van der Waals surface area contributed by atoms with Gasteiger partial charge in [-0.2, -0.15) is 0 Å². The fourth-order valence-corrected chi connectivity index (χ4v) is 1.66. The zero-order valence-corrected chi connectivity index (χ0v) is 8.64. The number of imide groups is 1. The summed E-state index contributed by atoms with van der Waals surface area (Å²) in [6.07, 6.45) is 1.62. The second-order valence-electron chi connectivity index (χ2n) is 3.52. The number of amides is 2. The van der Waals surface area contributed by atoms with Crippen LogP contribution in [0.2, 0.25) is 0 Å². The molecule has 0 aromatic carbocycles. The molecule has 1 aromatic rings. The summed E-state index contributed by atoms with van der Waals surface area (Å²) in [5, 5.41) is 2.24. The molecular formula is C10H12N4O2. The Kier molecular flexibility index (Phi) is 2.82. The monoisotopic (exact) mass is 220 g/mol. The molecule has 6 heteroatoms. The van der Waals surface area contributed by atoms with Crippen LogP contribution in [0.1, 0.15) is 5.56 Å². The molecule has 1 aliphatic heterocycles. The summed E-state index contributed by atoms with van der Waals surface area (Å²) in [6.45, 7) is 0.598. The number of hydrogen-bond acceptors (Lipinski definition) is 5. The first kappa shape index (κ1) is 10.6. The summed E-state index contributed by atoms with van der Waals surface area (Å²) in [5.41, 5.74) is 6.40. The summed E-state index contributed by atoms with van der Waals surface area (Å²) in [6, 6.07) is 3.61. The lowest BCUT2D eigenvalue weighted by molar-refractivity contribution is -0.130. The van der Waals surface area contributed by atoms with E-state index in [0.29, 0.717) is 12.4 Å². The molecule has 0 saturated carbocycles. The number of nitrogens with zero attached hydrogens (tertiary/aromatic N) is 2. The minimum Gasteiger partial charge on any atom is -0.338 e. The van der Waals surface area contributed by atoms with Crippen molar-refractivity contribution in [2.24, 2.45) is 5.73 Å². The van der Waals surface area contributed by atoms with Crippen LogP contribution in [0, 0.1) is 0 Å². The third-order valence-electron chi connectivity index (χ3n) is 2.33. The van der Waals surface area contributed by atoms with E-state index in [1.807, 2.05) is 6.07 Å². The van der Waals surface area contributed by atoms with Gasteiger partial charge in [-0.05, 0) is 6.07 Å². The Morgan fingerprint density at radius 1 is 1.38 bits per heavy atom. The lowest BCUT2D eigenvalue weighted by Gasteiger charge is -2.27. The number of rotatable bonds is 2. The van der Waals surface area contributed by atoms with E-state index in [0.717, 1.165) is 5.56 Å². The average Bonchev–Trinajstić information content (AvgIpc) is 2.27. The molecule has 0 bridgehead atoms. The number of pyridine rings is 1. The maximum Gasteiger partial charge on any atom is 0.246 e. The van der Waals surface area contributed by atoms with E-state index in [-0.39, 0.29) is 24.9 Å². The minimum atomic E-state index is -0.315. The molecule has 84 valence electrons. The van der Waals surface area contributed by atoms with Crippen LogP contribution >= 0.6 is 0 Å². The summed E-state index contributed by atoms with van der Waals surface area (Å²) in [7, 11) is 0. The Balaban J connectivity index is 2.29. The summed E-state index contributed by atoms with van der Waals surface area (Å²) < 4.78 is 0. The van der Waals surface area contributed by atoms with Crippen molar-refractivity contribution in [2.45, 2.75) is 6.54 Å². The molecule has 2 rings (SSSR count). The van der Waals surface area contributed by atoms with Gasteiger partial charge in [-0.25, -0.2) is 4.98 Å². The lowest BCUT2D eigenvalue weighted by atomic mass is 10.2. The normalized spacial score (nSPS) is 16.2. The SMILES string of the molecule is NCc1cccnc1N1CC(=O)NC(=O)C1. The quantitative estimate of drug-likeness (QED) is 0.624. The van der Waals surface area contributed by atoms with Crippen LogP contribution in [0.15, 0.2) is 18.3 Å². The van der Waals surface area contributed by atoms with E-state index in [9.17, 15) is 9.59 Å². The lowest BCUT2D eigenvalue weighted by Crippen LogP contribution is -2.52. The van der Waals surface area contributed by atoms with Crippen molar-refractivity contribution >= 4 is 17.6 Å². The van der Waals surface area contributed by atoms with Crippen molar-refractivity contribution in [2.75, 3.05) is 18.0 Å². The van der Waals surface area contributed by atoms with Gasteiger partial charge in [0, 0.05) is 18.3 Å². The Bertz CT molecular complexity index is 417. The van der Waals surface area contributed by atoms with Gasteiger partial charge in [0.2, 0.25) is 11.8 Å². The van der Waals surface area contributed by atoms with Crippen molar-refractivity contribution in [1.82, 2.24) is 10.3 Å². The largest absolute Gasteiger partial charge is 0.338 e. The highest BCUT2D eigenvalue weighted by Crippen LogP contribution is 2.17. The second kappa shape index (κ2) is 4.28. The molecule has 0 radical (unpaired) electrons. The fourth-order valence-electron chi connectivity index (χ4n) is 1.66. The third-order valence-corrected chi connectivity index (χ3v) is 2.33. The van der Waals surface area contributed by atoms with Crippen molar-refractivity contribution in [3.05, 3.63) is 23.9 Å². The predicted octanol–water partition coefficient (Wildman–Crippen LogP) is -0.997. The van der Waals surface area contributed by atoms with Gasteiger partial charge in [0.15, 0.2) is 0 Å². The molecule has 0 atom stereocenters. The maximum absolute atomic E-state index is 11.2. The zero-order valence-electron chi connectivity index (χ0n) is 8.64. The number of piperazine rings is 1. The van der Waals surface area contributed by atoms with Crippen LogP contribution in [0.5, 0.6) is 0 Å². The molecule has 0 unspecified atom stereocenters. The van der Waals surface area contributed by atoms with Gasteiger partial charge in [0.1, 0.15) is 5.82 Å². The first-order valence-electron chi connectivity index (χ1n) is 4.92. The van der Waals surface area contributed by atoms with E-state index in [1.165, 1.54) is 0 Å². The molecule has 1 fully saturated rings. The first-order chi connectivity index (χ1) is 7.70. The topological polar surface area (TPSA) is 88.3 Å². The van der Waals surface area contributed by atoms with Gasteiger partial charge >= 0.3 is 0 Å². The number of nitrogens with one attached hydrogen (secondary N) is 1. The molecular weight excluding hydrogens is 208 g/mol. The molecule has 1 aromatic heterocycles. The van der Waals surface area contributed by atoms with Gasteiger partial charge in [0.25, 0.3) is 0 Å². The number of hydrogen-bond donors (Lipinski definition) is 2. The highest BCUT2D eigenvalue weighted by Gasteiger charge is 2.24. The molecule has 1 aliphatic rings. The average molecular weight is 220 g/mol. The molecule has 6 nitrogen and oxygen atoms in total. The van der Waals surface area contributed by atoms with E-state index >= 15 is 0 Å². The third kappa shape index (κ3) is 2.01. The fraction of sp³-hybridized carbons (Fsp3) is 0.300. The van der Waals surface area contributed by atoms with Crippen molar-refractivity contribution in [3.8, 4) is 0 Å². The molecule has 0 aliphatic carbocycles. The highest BCUT2D eigenvalue weighted by molar-refractivity contribution is 6.02. The van der Waals surface area contributed by atoms with Crippen LogP contribution in [-0.4, -0.2) is 29.9 Å². The van der Waals surface area contributed by atoms with Gasteiger partial charge < -0.3 is 10.6 Å². The van der Waals surface area contributed by atoms with E-state index < -0.39 is 0 Å². The van der Waals surface area contributed by atoms with E-state index in [4.69, 9.17) is 5.73 Å². The number of nitrogens with two attached hydrogens (primary N) is 1. The summed E-state index contributed by atoms with van der Waals surface area (Å²) in [4.78, 5) is 28.2. The molecule has 3 N–H and O–H groups in total. The molecule has 2 heterocycles. The summed E-state index contributed by atoms with van der Waals surface area (Å²) in [5.74, 6) is -0.0250. The molecule has 2 amide bonds. The number of aromatic nitrogens is 1. The highest BCUT2D eigenvalue weighted by atomic mass is 16.2. The van der Waals surface area contributed by atoms with Crippen molar-refractivity contribution in [3.63, 3.8) is 0 Å². The smallest absolute Gasteiger partial charge is 0.246 e.